The van der Waals surface area contributed by atoms with E-state index in [2.05, 4.69) is 10.5 Å². The number of nitrogens with one attached hydrogen (secondary N) is 1. The smallest absolute Gasteiger partial charge is 0.266 e. The van der Waals surface area contributed by atoms with Crippen LogP contribution in [0.25, 0.3) is 0 Å². The van der Waals surface area contributed by atoms with Crippen molar-refractivity contribution in [3.8, 4) is 0 Å². The number of aryl methyl sites for hydroxylation is 2. The molecule has 0 aliphatic heterocycles. The fourth-order valence-corrected chi connectivity index (χ4v) is 3.34. The van der Waals surface area contributed by atoms with Gasteiger partial charge in [-0.2, -0.15) is 5.10 Å². The summed E-state index contributed by atoms with van der Waals surface area (Å²) >= 11 is 1.59. The van der Waals surface area contributed by atoms with Gasteiger partial charge in [-0.25, -0.2) is 5.43 Å². The van der Waals surface area contributed by atoms with Gasteiger partial charge in [0.25, 0.3) is 5.91 Å². The van der Waals surface area contributed by atoms with Crippen molar-refractivity contribution in [2.24, 2.45) is 5.10 Å². The SMILES string of the molecule is O=C(N/N=C\c1ccccc1)c1cc2c(s1)CCC2. The quantitative estimate of drug-likeness (QED) is 0.676. The van der Waals surface area contributed by atoms with Crippen molar-refractivity contribution in [2.45, 2.75) is 19.3 Å². The largest absolute Gasteiger partial charge is 0.281 e. The zero-order valence-electron chi connectivity index (χ0n) is 10.4. The Hall–Kier alpha value is -1.94. The summed E-state index contributed by atoms with van der Waals surface area (Å²) in [4.78, 5) is 14.0. The van der Waals surface area contributed by atoms with E-state index in [1.807, 2.05) is 36.4 Å². The number of carbonyl (C=O) groups is 1. The highest BCUT2D eigenvalue weighted by Crippen LogP contribution is 2.30. The van der Waals surface area contributed by atoms with E-state index < -0.39 is 0 Å². The third kappa shape index (κ3) is 2.74. The van der Waals surface area contributed by atoms with Gasteiger partial charge < -0.3 is 0 Å². The van der Waals surface area contributed by atoms with Crippen LogP contribution in [0.2, 0.25) is 0 Å². The number of hydrogen-bond donors (Lipinski definition) is 1. The van der Waals surface area contributed by atoms with Crippen LogP contribution in [-0.4, -0.2) is 12.1 Å². The van der Waals surface area contributed by atoms with Gasteiger partial charge in [-0.3, -0.25) is 4.79 Å². The van der Waals surface area contributed by atoms with Crippen molar-refractivity contribution in [3.63, 3.8) is 0 Å². The first kappa shape index (κ1) is 12.1. The van der Waals surface area contributed by atoms with Crippen molar-refractivity contribution in [1.82, 2.24) is 5.43 Å². The zero-order valence-corrected chi connectivity index (χ0v) is 11.2. The molecule has 96 valence electrons. The number of nitrogens with zero attached hydrogens (tertiary/aromatic N) is 1. The number of carbonyl (C=O) groups excluding carboxylic acids is 1. The van der Waals surface area contributed by atoms with E-state index in [0.29, 0.717) is 0 Å². The van der Waals surface area contributed by atoms with Crippen LogP contribution in [-0.2, 0) is 12.8 Å². The summed E-state index contributed by atoms with van der Waals surface area (Å²) in [6, 6.07) is 11.7. The number of benzene rings is 1. The van der Waals surface area contributed by atoms with Gasteiger partial charge in [0.2, 0.25) is 0 Å². The minimum atomic E-state index is -0.119. The van der Waals surface area contributed by atoms with Gasteiger partial charge in [0.1, 0.15) is 0 Å². The third-order valence-corrected chi connectivity index (χ3v) is 4.39. The number of hydrazone groups is 1. The van der Waals surface area contributed by atoms with Crippen molar-refractivity contribution in [3.05, 3.63) is 57.3 Å². The van der Waals surface area contributed by atoms with E-state index in [1.54, 1.807) is 17.6 Å². The third-order valence-electron chi connectivity index (χ3n) is 3.15. The summed E-state index contributed by atoms with van der Waals surface area (Å²) in [6.07, 6.45) is 5.08. The number of fused-ring (bicyclic) bond motifs is 1. The summed E-state index contributed by atoms with van der Waals surface area (Å²) in [5.41, 5.74) is 4.88. The van der Waals surface area contributed by atoms with Gasteiger partial charge in [-0.1, -0.05) is 30.3 Å². The number of rotatable bonds is 3. The fraction of sp³-hybridized carbons (Fsp3) is 0.200. The van der Waals surface area contributed by atoms with Crippen molar-refractivity contribution < 1.29 is 4.79 Å². The number of amides is 1. The van der Waals surface area contributed by atoms with Gasteiger partial charge in [0.15, 0.2) is 0 Å². The fourth-order valence-electron chi connectivity index (χ4n) is 2.20. The highest BCUT2D eigenvalue weighted by molar-refractivity contribution is 7.14. The van der Waals surface area contributed by atoms with Crippen LogP contribution in [0.15, 0.2) is 41.5 Å². The first-order chi connectivity index (χ1) is 9.33. The Morgan fingerprint density at radius 3 is 2.89 bits per heavy atom. The van der Waals surface area contributed by atoms with Crippen LogP contribution < -0.4 is 5.43 Å². The predicted molar refractivity (Wildman–Crippen MR) is 77.8 cm³/mol. The van der Waals surface area contributed by atoms with Crippen molar-refractivity contribution >= 4 is 23.5 Å². The average Bonchev–Trinajstić information content (AvgIpc) is 3.00. The van der Waals surface area contributed by atoms with Crippen molar-refractivity contribution in [1.29, 1.82) is 0 Å². The van der Waals surface area contributed by atoms with Crippen LogP contribution >= 0.6 is 11.3 Å². The minimum absolute atomic E-state index is 0.119. The second-order valence-corrected chi connectivity index (χ2v) is 5.66. The van der Waals surface area contributed by atoms with Gasteiger partial charge in [0, 0.05) is 4.88 Å². The maximum absolute atomic E-state index is 11.9. The average molecular weight is 270 g/mol. The summed E-state index contributed by atoms with van der Waals surface area (Å²) in [5.74, 6) is -0.119. The number of thiophene rings is 1. The van der Waals surface area contributed by atoms with E-state index in [1.165, 1.54) is 16.9 Å². The molecule has 0 radical (unpaired) electrons. The Labute approximate surface area is 116 Å². The molecule has 2 aromatic rings. The Balaban J connectivity index is 1.63. The lowest BCUT2D eigenvalue weighted by atomic mass is 10.2. The van der Waals surface area contributed by atoms with E-state index in [9.17, 15) is 4.79 Å². The molecular weight excluding hydrogens is 256 g/mol. The lowest BCUT2D eigenvalue weighted by molar-refractivity contribution is 0.0959. The molecule has 0 bridgehead atoms. The lowest BCUT2D eigenvalue weighted by Gasteiger charge is -1.96. The summed E-state index contributed by atoms with van der Waals surface area (Å²) in [6.45, 7) is 0. The first-order valence-electron chi connectivity index (χ1n) is 6.33. The molecule has 1 amide bonds. The summed E-state index contributed by atoms with van der Waals surface area (Å²) in [5, 5.41) is 3.98. The molecule has 0 spiro atoms. The highest BCUT2D eigenvalue weighted by Gasteiger charge is 2.17. The molecule has 3 nitrogen and oxygen atoms in total. The van der Waals surface area contributed by atoms with Crippen LogP contribution in [0.4, 0.5) is 0 Å². The molecule has 1 N–H and O–H groups in total. The normalized spacial score (nSPS) is 13.7. The molecule has 19 heavy (non-hydrogen) atoms. The minimum Gasteiger partial charge on any atom is -0.266 e. The van der Waals surface area contributed by atoms with E-state index in [0.717, 1.165) is 23.3 Å². The molecule has 1 aliphatic carbocycles. The monoisotopic (exact) mass is 270 g/mol. The topological polar surface area (TPSA) is 41.5 Å². The second kappa shape index (κ2) is 5.36. The van der Waals surface area contributed by atoms with Gasteiger partial charge in [-0.05, 0) is 36.5 Å². The molecule has 1 heterocycles. The Morgan fingerprint density at radius 2 is 2.11 bits per heavy atom. The molecule has 0 unspecified atom stereocenters. The lowest BCUT2D eigenvalue weighted by Crippen LogP contribution is -2.16. The van der Waals surface area contributed by atoms with Gasteiger partial charge in [0.05, 0.1) is 11.1 Å². The predicted octanol–water partition coefficient (Wildman–Crippen LogP) is 3.00. The van der Waals surface area contributed by atoms with Gasteiger partial charge in [-0.15, -0.1) is 11.3 Å². The highest BCUT2D eigenvalue weighted by atomic mass is 32.1. The van der Waals surface area contributed by atoms with Crippen LogP contribution in [0.3, 0.4) is 0 Å². The molecule has 0 fully saturated rings. The molecule has 1 aromatic heterocycles. The Kier molecular flexibility index (Phi) is 3.42. The standard InChI is InChI=1S/C15H14N2OS/c18-15(14-9-12-7-4-8-13(12)19-14)17-16-10-11-5-2-1-3-6-11/h1-3,5-6,9-10H,4,7-8H2,(H,17,18)/b16-10-. The Bertz CT molecular complexity index is 595. The van der Waals surface area contributed by atoms with Crippen LogP contribution in [0.5, 0.6) is 0 Å². The van der Waals surface area contributed by atoms with Gasteiger partial charge >= 0.3 is 0 Å². The molecule has 4 heteroatoms. The molecule has 3 rings (SSSR count). The Morgan fingerprint density at radius 1 is 1.26 bits per heavy atom. The first-order valence-corrected chi connectivity index (χ1v) is 7.14. The molecule has 1 aromatic carbocycles. The van der Waals surface area contributed by atoms with E-state index in [-0.39, 0.29) is 5.91 Å². The van der Waals surface area contributed by atoms with Crippen LogP contribution in [0, 0.1) is 0 Å². The van der Waals surface area contributed by atoms with E-state index >= 15 is 0 Å². The molecular formula is C15H14N2OS. The maximum Gasteiger partial charge on any atom is 0.281 e. The molecule has 1 aliphatic rings. The van der Waals surface area contributed by atoms with E-state index in [4.69, 9.17) is 0 Å². The summed E-state index contributed by atoms with van der Waals surface area (Å²) < 4.78 is 0. The van der Waals surface area contributed by atoms with Crippen LogP contribution in [0.1, 0.15) is 32.1 Å². The molecule has 0 saturated carbocycles. The molecule has 0 saturated heterocycles. The van der Waals surface area contributed by atoms with Crippen molar-refractivity contribution in [2.75, 3.05) is 0 Å². The zero-order chi connectivity index (χ0) is 13.1. The maximum atomic E-state index is 11.9. The molecule has 0 atom stereocenters. The summed E-state index contributed by atoms with van der Waals surface area (Å²) in [7, 11) is 0. The number of hydrogen-bond acceptors (Lipinski definition) is 3. The second-order valence-electron chi connectivity index (χ2n) is 4.52.